The second-order valence-corrected chi connectivity index (χ2v) is 8.87. The lowest BCUT2D eigenvalue weighted by molar-refractivity contribution is -0.112. The van der Waals surface area contributed by atoms with Crippen LogP contribution in [0, 0.1) is 11.3 Å². The fourth-order valence-electron chi connectivity index (χ4n) is 2.83. The largest absolute Gasteiger partial charge is 0.493 e. The second kappa shape index (κ2) is 11.7. The van der Waals surface area contributed by atoms with Crippen LogP contribution in [0.25, 0.3) is 6.08 Å². The first-order chi connectivity index (χ1) is 15.5. The first kappa shape index (κ1) is 23.8. The van der Waals surface area contributed by atoms with Gasteiger partial charge in [-0.1, -0.05) is 60.8 Å². The number of hydrogen-bond acceptors (Lipinski definition) is 5. The Morgan fingerprint density at radius 3 is 2.84 bits per heavy atom. The van der Waals surface area contributed by atoms with Gasteiger partial charge >= 0.3 is 0 Å². The molecule has 0 unspecified atom stereocenters. The number of rotatable bonds is 9. The minimum absolute atomic E-state index is 0.0333. The molecule has 32 heavy (non-hydrogen) atoms. The second-order valence-electron chi connectivity index (χ2n) is 6.91. The molecule has 0 spiro atoms. The molecule has 8 heteroatoms. The number of amides is 1. The Morgan fingerprint density at radius 1 is 1.28 bits per heavy atom. The molecule has 0 aliphatic rings. The van der Waals surface area contributed by atoms with E-state index in [0.29, 0.717) is 39.5 Å². The van der Waals surface area contributed by atoms with Crippen LogP contribution in [0.15, 0.2) is 54.2 Å². The van der Waals surface area contributed by atoms with Crippen molar-refractivity contribution in [1.82, 2.24) is 4.98 Å². The van der Waals surface area contributed by atoms with Crippen molar-refractivity contribution < 1.29 is 9.53 Å². The van der Waals surface area contributed by atoms with E-state index in [0.717, 1.165) is 23.3 Å². The van der Waals surface area contributed by atoms with E-state index in [4.69, 9.17) is 27.9 Å². The van der Waals surface area contributed by atoms with Crippen molar-refractivity contribution in [3.8, 4) is 11.8 Å². The highest BCUT2D eigenvalue weighted by Gasteiger charge is 2.14. The van der Waals surface area contributed by atoms with E-state index in [9.17, 15) is 10.1 Å². The van der Waals surface area contributed by atoms with Crippen molar-refractivity contribution in [3.63, 3.8) is 0 Å². The molecule has 1 amide bonds. The van der Waals surface area contributed by atoms with Crippen LogP contribution in [-0.4, -0.2) is 17.5 Å². The third-order valence-electron chi connectivity index (χ3n) is 4.49. The summed E-state index contributed by atoms with van der Waals surface area (Å²) in [6.07, 6.45) is 5.71. The van der Waals surface area contributed by atoms with E-state index in [-0.39, 0.29) is 5.57 Å². The van der Waals surface area contributed by atoms with Gasteiger partial charge in [0.05, 0.1) is 6.61 Å². The maximum atomic E-state index is 12.7. The van der Waals surface area contributed by atoms with Crippen LogP contribution in [0.1, 0.15) is 35.8 Å². The summed E-state index contributed by atoms with van der Waals surface area (Å²) in [5.74, 6) is 0.110. The standard InChI is InChI=1S/C24H21Cl2N3O2S/c1-2-3-10-31-22-7-5-4-6-17(22)11-18(14-27)23(30)29-24-28-15-20(32-24)12-16-8-9-19(25)13-21(16)26/h4-9,11,13,15H,2-3,10,12H2,1H3,(H,28,29,30). The first-order valence-electron chi connectivity index (χ1n) is 10.0. The molecular weight excluding hydrogens is 465 g/mol. The number of carbonyl (C=O) groups excluding carboxylic acids is 1. The lowest BCUT2D eigenvalue weighted by Crippen LogP contribution is -2.13. The average Bonchev–Trinajstić information content (AvgIpc) is 3.21. The normalized spacial score (nSPS) is 11.1. The van der Waals surface area contributed by atoms with Crippen LogP contribution in [0.2, 0.25) is 10.0 Å². The Hall–Kier alpha value is -2.85. The third kappa shape index (κ3) is 6.57. The van der Waals surface area contributed by atoms with E-state index in [1.165, 1.54) is 17.4 Å². The number of hydrogen-bond donors (Lipinski definition) is 1. The summed E-state index contributed by atoms with van der Waals surface area (Å²) in [6.45, 7) is 2.66. The zero-order valence-electron chi connectivity index (χ0n) is 17.4. The Kier molecular flexibility index (Phi) is 8.69. The summed E-state index contributed by atoms with van der Waals surface area (Å²) in [7, 11) is 0. The molecule has 3 aromatic rings. The molecule has 0 fully saturated rings. The summed E-state index contributed by atoms with van der Waals surface area (Å²) in [4.78, 5) is 17.8. The molecule has 0 saturated heterocycles. The molecule has 1 heterocycles. The van der Waals surface area contributed by atoms with Gasteiger partial charge in [-0.2, -0.15) is 5.26 Å². The summed E-state index contributed by atoms with van der Waals surface area (Å²) in [5, 5.41) is 13.8. The van der Waals surface area contributed by atoms with Gasteiger partial charge in [0, 0.05) is 33.1 Å². The van der Waals surface area contributed by atoms with Gasteiger partial charge in [-0.15, -0.1) is 11.3 Å². The maximum Gasteiger partial charge on any atom is 0.268 e. The number of nitriles is 1. The van der Waals surface area contributed by atoms with Gasteiger partial charge in [0.25, 0.3) is 5.91 Å². The summed E-state index contributed by atoms with van der Waals surface area (Å²) < 4.78 is 5.78. The number of nitrogens with zero attached hydrogens (tertiary/aromatic N) is 2. The number of nitrogens with one attached hydrogen (secondary N) is 1. The number of ether oxygens (including phenoxy) is 1. The SMILES string of the molecule is CCCCOc1ccccc1C=C(C#N)C(=O)Nc1ncc(Cc2ccc(Cl)cc2Cl)s1. The zero-order chi connectivity index (χ0) is 22.9. The molecule has 0 atom stereocenters. The Labute approximate surface area is 201 Å². The predicted octanol–water partition coefficient (Wildman–Crippen LogP) is 6.77. The molecule has 1 N–H and O–H groups in total. The lowest BCUT2D eigenvalue weighted by atomic mass is 10.1. The lowest BCUT2D eigenvalue weighted by Gasteiger charge is -2.09. The molecule has 0 radical (unpaired) electrons. The predicted molar refractivity (Wildman–Crippen MR) is 130 cm³/mol. The van der Waals surface area contributed by atoms with Crippen LogP contribution in [-0.2, 0) is 11.2 Å². The van der Waals surface area contributed by atoms with Gasteiger partial charge in [0.15, 0.2) is 5.13 Å². The number of thiazole rings is 1. The van der Waals surface area contributed by atoms with Gasteiger partial charge in [0.1, 0.15) is 17.4 Å². The molecule has 5 nitrogen and oxygen atoms in total. The number of unbranched alkanes of at least 4 members (excludes halogenated alkanes) is 1. The van der Waals surface area contributed by atoms with Crippen molar-refractivity contribution >= 4 is 51.7 Å². The van der Waals surface area contributed by atoms with Crippen LogP contribution in [0.3, 0.4) is 0 Å². The van der Waals surface area contributed by atoms with E-state index in [1.807, 2.05) is 36.4 Å². The molecule has 0 saturated carbocycles. The molecule has 0 aliphatic heterocycles. The first-order valence-corrected chi connectivity index (χ1v) is 11.6. The third-order valence-corrected chi connectivity index (χ3v) is 5.99. The van der Waals surface area contributed by atoms with Crippen molar-refractivity contribution in [1.29, 1.82) is 5.26 Å². The van der Waals surface area contributed by atoms with Crippen LogP contribution in [0.5, 0.6) is 5.75 Å². The zero-order valence-corrected chi connectivity index (χ0v) is 19.7. The number of anilines is 1. The fraction of sp³-hybridized carbons (Fsp3) is 0.208. The molecule has 2 aromatic carbocycles. The molecule has 3 rings (SSSR count). The minimum atomic E-state index is -0.527. The summed E-state index contributed by atoms with van der Waals surface area (Å²) in [5.41, 5.74) is 1.55. The molecule has 1 aromatic heterocycles. The minimum Gasteiger partial charge on any atom is -0.493 e. The van der Waals surface area contributed by atoms with Crippen LogP contribution < -0.4 is 10.1 Å². The summed E-state index contributed by atoms with van der Waals surface area (Å²) >= 11 is 13.5. The van der Waals surface area contributed by atoms with Gasteiger partial charge in [-0.05, 0) is 36.3 Å². The summed E-state index contributed by atoms with van der Waals surface area (Å²) in [6, 6.07) is 14.6. The van der Waals surface area contributed by atoms with Crippen molar-refractivity contribution in [3.05, 3.63) is 80.3 Å². The quantitative estimate of drug-likeness (QED) is 0.206. The monoisotopic (exact) mass is 485 g/mol. The topological polar surface area (TPSA) is 75.0 Å². The maximum absolute atomic E-state index is 12.7. The van der Waals surface area contributed by atoms with Gasteiger partial charge in [-0.25, -0.2) is 4.98 Å². The van der Waals surface area contributed by atoms with Gasteiger partial charge < -0.3 is 4.74 Å². The van der Waals surface area contributed by atoms with Gasteiger partial charge in [-0.3, -0.25) is 10.1 Å². The fourth-order valence-corrected chi connectivity index (χ4v) is 4.13. The van der Waals surface area contributed by atoms with E-state index in [2.05, 4.69) is 17.2 Å². The molecule has 0 bridgehead atoms. The number of carbonyl (C=O) groups is 1. The highest BCUT2D eigenvalue weighted by atomic mass is 35.5. The van der Waals surface area contributed by atoms with Crippen LogP contribution in [0.4, 0.5) is 5.13 Å². The number of para-hydroxylation sites is 1. The Bertz CT molecular complexity index is 1170. The molecule has 0 aliphatic carbocycles. The number of aromatic nitrogens is 1. The Balaban J connectivity index is 1.70. The van der Waals surface area contributed by atoms with Crippen molar-refractivity contribution in [2.75, 3.05) is 11.9 Å². The highest BCUT2D eigenvalue weighted by molar-refractivity contribution is 7.15. The van der Waals surface area contributed by atoms with E-state index < -0.39 is 5.91 Å². The van der Waals surface area contributed by atoms with Crippen molar-refractivity contribution in [2.45, 2.75) is 26.2 Å². The van der Waals surface area contributed by atoms with Crippen LogP contribution >= 0.6 is 34.5 Å². The van der Waals surface area contributed by atoms with E-state index in [1.54, 1.807) is 18.3 Å². The average molecular weight is 486 g/mol. The number of halogens is 2. The smallest absolute Gasteiger partial charge is 0.268 e. The van der Waals surface area contributed by atoms with Gasteiger partial charge in [0.2, 0.25) is 0 Å². The van der Waals surface area contributed by atoms with E-state index >= 15 is 0 Å². The molecule has 164 valence electrons. The molecular formula is C24H21Cl2N3O2S. The highest BCUT2D eigenvalue weighted by Crippen LogP contribution is 2.27. The Morgan fingerprint density at radius 2 is 2.09 bits per heavy atom. The number of benzene rings is 2. The van der Waals surface area contributed by atoms with Crippen molar-refractivity contribution in [2.24, 2.45) is 0 Å².